The van der Waals surface area contributed by atoms with Crippen LogP contribution in [0, 0.1) is 0 Å². The first-order valence-corrected chi connectivity index (χ1v) is 7.74. The van der Waals surface area contributed by atoms with Crippen LogP contribution in [0.15, 0.2) is 4.90 Å². The zero-order valence-corrected chi connectivity index (χ0v) is 12.5. The second-order valence-electron chi connectivity index (χ2n) is 4.13. The summed E-state index contributed by atoms with van der Waals surface area (Å²) in [6, 6.07) is 0. The fourth-order valence-electron chi connectivity index (χ4n) is 2.29. The van der Waals surface area contributed by atoms with E-state index in [0.717, 1.165) is 0 Å². The molecule has 0 aromatic carbocycles. The summed E-state index contributed by atoms with van der Waals surface area (Å²) in [6.07, 6.45) is 0.988. The zero-order chi connectivity index (χ0) is 14.8. The lowest BCUT2D eigenvalue weighted by Crippen LogP contribution is -2.18. The smallest absolute Gasteiger partial charge is 0.341 e. The van der Waals surface area contributed by atoms with Crippen LogP contribution in [0.2, 0.25) is 0 Å². The molecule has 7 heteroatoms. The van der Waals surface area contributed by atoms with Crippen LogP contribution in [0.25, 0.3) is 0 Å². The van der Waals surface area contributed by atoms with E-state index in [1.807, 2.05) is 13.8 Å². The predicted octanol–water partition coefficient (Wildman–Crippen LogP) is 0.974. The van der Waals surface area contributed by atoms with Gasteiger partial charge in [-0.05, 0) is 19.8 Å². The molecular weight excluding hydrogens is 268 g/mol. The molecule has 0 bridgehead atoms. The van der Waals surface area contributed by atoms with Crippen LogP contribution in [0.4, 0.5) is 0 Å². The quantitative estimate of drug-likeness (QED) is 0.817. The van der Waals surface area contributed by atoms with Crippen molar-refractivity contribution in [2.75, 3.05) is 6.61 Å². The van der Waals surface area contributed by atoms with Crippen LogP contribution in [-0.4, -0.2) is 25.6 Å². The Labute approximate surface area is 113 Å². The van der Waals surface area contributed by atoms with Gasteiger partial charge < -0.3 is 9.30 Å². The van der Waals surface area contributed by atoms with E-state index < -0.39 is 16.0 Å². The van der Waals surface area contributed by atoms with Crippen LogP contribution in [0.3, 0.4) is 0 Å². The molecule has 19 heavy (non-hydrogen) atoms. The number of hydrogen-bond donors (Lipinski definition) is 1. The first-order valence-electron chi connectivity index (χ1n) is 6.19. The molecule has 0 aliphatic heterocycles. The molecule has 0 radical (unpaired) electrons. The summed E-state index contributed by atoms with van der Waals surface area (Å²) in [7, 11) is -2.24. The Kier molecular flexibility index (Phi) is 4.75. The Balaban J connectivity index is 3.71. The fraction of sp³-hybridized carbons (Fsp3) is 0.583. The molecule has 0 saturated heterocycles. The Hall–Kier alpha value is -1.34. The van der Waals surface area contributed by atoms with Crippen LogP contribution >= 0.6 is 0 Å². The van der Waals surface area contributed by atoms with Gasteiger partial charge in [0.15, 0.2) is 0 Å². The summed E-state index contributed by atoms with van der Waals surface area (Å²) in [4.78, 5) is 11.9. The summed E-state index contributed by atoms with van der Waals surface area (Å²) in [5.41, 5.74) is 1.23. The Bertz CT molecular complexity index is 587. The third-order valence-corrected chi connectivity index (χ3v) is 4.03. The van der Waals surface area contributed by atoms with Crippen molar-refractivity contribution in [1.29, 1.82) is 0 Å². The Morgan fingerprint density at radius 1 is 1.21 bits per heavy atom. The molecule has 0 aliphatic rings. The lowest BCUT2D eigenvalue weighted by atomic mass is 10.2. The Morgan fingerprint density at radius 3 is 2.11 bits per heavy atom. The van der Waals surface area contributed by atoms with Crippen molar-refractivity contribution in [3.63, 3.8) is 0 Å². The number of ether oxygens (including phenoxy) is 1. The highest BCUT2D eigenvalue weighted by Crippen LogP contribution is 2.27. The fourth-order valence-corrected chi connectivity index (χ4v) is 3.39. The molecule has 1 aromatic rings. The molecule has 2 N–H and O–H groups in total. The number of primary sulfonamides is 1. The van der Waals surface area contributed by atoms with E-state index in [2.05, 4.69) is 0 Å². The van der Waals surface area contributed by atoms with Crippen molar-refractivity contribution in [2.45, 2.75) is 38.5 Å². The molecule has 0 saturated carbocycles. The van der Waals surface area contributed by atoms with E-state index in [4.69, 9.17) is 9.88 Å². The van der Waals surface area contributed by atoms with E-state index in [1.54, 1.807) is 18.5 Å². The van der Waals surface area contributed by atoms with Gasteiger partial charge in [-0.2, -0.15) is 0 Å². The van der Waals surface area contributed by atoms with E-state index in [9.17, 15) is 13.2 Å². The minimum atomic E-state index is -3.97. The number of nitrogens with zero attached hydrogens (tertiary/aromatic N) is 1. The summed E-state index contributed by atoms with van der Waals surface area (Å²) < 4.78 is 30.2. The molecule has 0 atom stereocenters. The minimum Gasteiger partial charge on any atom is -0.462 e. The number of rotatable bonds is 5. The van der Waals surface area contributed by atoms with Crippen LogP contribution < -0.4 is 5.14 Å². The lowest BCUT2D eigenvalue weighted by Gasteiger charge is -2.05. The van der Waals surface area contributed by atoms with Crippen molar-refractivity contribution in [2.24, 2.45) is 12.2 Å². The molecule has 0 amide bonds. The van der Waals surface area contributed by atoms with Crippen molar-refractivity contribution in [3.05, 3.63) is 17.0 Å². The number of aromatic nitrogens is 1. The number of carbonyl (C=O) groups excluding carboxylic acids is 1. The van der Waals surface area contributed by atoms with Crippen LogP contribution in [-0.2, 0) is 34.6 Å². The van der Waals surface area contributed by atoms with E-state index >= 15 is 0 Å². The Morgan fingerprint density at radius 2 is 1.74 bits per heavy atom. The SMILES string of the molecule is CCOC(=O)c1c(S(N)(=O)=O)c(CC)n(C)c1CC. The number of esters is 1. The highest BCUT2D eigenvalue weighted by atomic mass is 32.2. The third-order valence-electron chi connectivity index (χ3n) is 3.02. The van der Waals surface area contributed by atoms with Gasteiger partial charge in [0.25, 0.3) is 0 Å². The van der Waals surface area contributed by atoms with E-state index in [0.29, 0.717) is 24.2 Å². The van der Waals surface area contributed by atoms with Crippen LogP contribution in [0.1, 0.15) is 42.5 Å². The standard InChI is InChI=1S/C12H20N2O4S/c1-5-8-10(12(15)18-7-3)11(19(13,16)17)9(6-2)14(8)4/h5-7H2,1-4H3,(H2,13,16,17). The average molecular weight is 288 g/mol. The molecule has 1 heterocycles. The van der Waals surface area contributed by atoms with Gasteiger partial charge >= 0.3 is 5.97 Å². The van der Waals surface area contributed by atoms with Crippen molar-refractivity contribution in [1.82, 2.24) is 4.57 Å². The molecular formula is C12H20N2O4S. The zero-order valence-electron chi connectivity index (χ0n) is 11.7. The van der Waals surface area contributed by atoms with Gasteiger partial charge in [-0.15, -0.1) is 0 Å². The lowest BCUT2D eigenvalue weighted by molar-refractivity contribution is 0.0520. The predicted molar refractivity (Wildman–Crippen MR) is 71.5 cm³/mol. The van der Waals surface area contributed by atoms with E-state index in [-0.39, 0.29) is 17.1 Å². The van der Waals surface area contributed by atoms with Crippen molar-refractivity contribution < 1.29 is 17.9 Å². The molecule has 0 aliphatic carbocycles. The molecule has 1 rings (SSSR count). The number of nitrogens with two attached hydrogens (primary N) is 1. The van der Waals surface area contributed by atoms with Gasteiger partial charge in [-0.1, -0.05) is 13.8 Å². The first-order chi connectivity index (χ1) is 8.79. The normalized spacial score (nSPS) is 11.6. The highest BCUT2D eigenvalue weighted by molar-refractivity contribution is 7.89. The molecule has 1 aromatic heterocycles. The molecule has 0 spiro atoms. The molecule has 108 valence electrons. The topological polar surface area (TPSA) is 91.4 Å². The summed E-state index contributed by atoms with van der Waals surface area (Å²) >= 11 is 0. The van der Waals surface area contributed by atoms with Gasteiger partial charge in [-0.3, -0.25) is 0 Å². The second kappa shape index (κ2) is 5.75. The molecule has 0 fully saturated rings. The maximum absolute atomic E-state index is 12.0. The summed E-state index contributed by atoms with van der Waals surface area (Å²) in [5.74, 6) is -0.640. The average Bonchev–Trinajstić information content (AvgIpc) is 2.61. The summed E-state index contributed by atoms with van der Waals surface area (Å²) in [5, 5.41) is 5.26. The second-order valence-corrected chi connectivity index (χ2v) is 5.63. The van der Waals surface area contributed by atoms with Gasteiger partial charge in [-0.25, -0.2) is 18.4 Å². The third kappa shape index (κ3) is 2.82. The van der Waals surface area contributed by atoms with Gasteiger partial charge in [0.1, 0.15) is 10.5 Å². The van der Waals surface area contributed by atoms with Gasteiger partial charge in [0.05, 0.1) is 6.61 Å². The monoisotopic (exact) mass is 288 g/mol. The number of carbonyl (C=O) groups is 1. The van der Waals surface area contributed by atoms with E-state index in [1.165, 1.54) is 0 Å². The first kappa shape index (κ1) is 15.7. The van der Waals surface area contributed by atoms with Crippen LogP contribution in [0.5, 0.6) is 0 Å². The van der Waals surface area contributed by atoms with Crippen molar-refractivity contribution in [3.8, 4) is 0 Å². The van der Waals surface area contributed by atoms with Gasteiger partial charge in [0, 0.05) is 18.4 Å². The number of sulfonamides is 1. The summed E-state index contributed by atoms with van der Waals surface area (Å²) in [6.45, 7) is 5.52. The number of hydrogen-bond acceptors (Lipinski definition) is 4. The van der Waals surface area contributed by atoms with Crippen molar-refractivity contribution >= 4 is 16.0 Å². The van der Waals surface area contributed by atoms with Gasteiger partial charge in [0.2, 0.25) is 10.0 Å². The maximum Gasteiger partial charge on any atom is 0.341 e. The minimum absolute atomic E-state index is 0.0752. The highest BCUT2D eigenvalue weighted by Gasteiger charge is 2.31. The maximum atomic E-state index is 12.0. The molecule has 0 unspecified atom stereocenters. The largest absolute Gasteiger partial charge is 0.462 e. The molecule has 6 nitrogen and oxygen atoms in total.